The van der Waals surface area contributed by atoms with Crippen molar-refractivity contribution in [2.24, 2.45) is 0 Å². The van der Waals surface area contributed by atoms with Crippen LogP contribution in [-0.4, -0.2) is 115 Å². The highest BCUT2D eigenvalue weighted by molar-refractivity contribution is 4.93. The summed E-state index contributed by atoms with van der Waals surface area (Å²) in [6.45, 7) is -1.35. The van der Waals surface area contributed by atoms with Crippen molar-refractivity contribution < 1.29 is 55.1 Å². The molecule has 0 aromatic heterocycles. The Balaban J connectivity index is 2.11. The van der Waals surface area contributed by atoms with Gasteiger partial charge in [0, 0.05) is 0 Å². The predicted molar refractivity (Wildman–Crippen MR) is 68.6 cm³/mol. The number of aliphatic hydroxyl groups excluding tert-OH is 8. The Morgan fingerprint density at radius 2 is 1.26 bits per heavy atom. The van der Waals surface area contributed by atoms with Crippen molar-refractivity contribution in [3.8, 4) is 0 Å². The molecule has 136 valence electrons. The lowest BCUT2D eigenvalue weighted by atomic mass is 9.97. The molecular weight excluding hydrogens is 320 g/mol. The van der Waals surface area contributed by atoms with Gasteiger partial charge in [-0.05, 0) is 0 Å². The Bertz CT molecular complexity index is 378. The second-order valence-electron chi connectivity index (χ2n) is 5.53. The molecule has 0 saturated carbocycles. The van der Waals surface area contributed by atoms with Gasteiger partial charge in [-0.1, -0.05) is 0 Å². The molecule has 0 aromatic rings. The zero-order valence-corrected chi connectivity index (χ0v) is 12.0. The van der Waals surface area contributed by atoms with E-state index in [1.165, 1.54) is 0 Å². The molecule has 23 heavy (non-hydrogen) atoms. The average Bonchev–Trinajstić information content (AvgIpc) is 2.55. The quantitative estimate of drug-likeness (QED) is 0.243. The van der Waals surface area contributed by atoms with E-state index in [0.29, 0.717) is 0 Å². The van der Waals surface area contributed by atoms with Gasteiger partial charge in [0.25, 0.3) is 0 Å². The number of hydrogen-bond acceptors (Lipinski definition) is 11. The van der Waals surface area contributed by atoms with Crippen LogP contribution < -0.4 is 0 Å². The van der Waals surface area contributed by atoms with Gasteiger partial charge in [-0.3, -0.25) is 0 Å². The standard InChI is InChI=1S/C12H22O11/c13-1-3-5(15)6(16)9(19)12(22-3)23-10-4(2-14)21-11(20)8(18)7(10)17/h3-20H,1-2H2/t3-,4+,5+,6-,7+,8-,9-,10-,11+,12+/m1/s1. The third-order valence-electron chi connectivity index (χ3n) is 3.98. The second kappa shape index (κ2) is 7.63. The van der Waals surface area contributed by atoms with E-state index in [9.17, 15) is 35.7 Å². The zero-order chi connectivity index (χ0) is 17.3. The Morgan fingerprint density at radius 1 is 0.652 bits per heavy atom. The molecule has 0 aromatic carbocycles. The summed E-state index contributed by atoms with van der Waals surface area (Å²) >= 11 is 0. The number of hydrogen-bond donors (Lipinski definition) is 8. The maximum atomic E-state index is 9.94. The molecule has 2 rings (SSSR count). The summed E-state index contributed by atoms with van der Waals surface area (Å²) in [4.78, 5) is 0. The normalized spacial score (nSPS) is 51.7. The topological polar surface area (TPSA) is 190 Å². The first-order chi connectivity index (χ1) is 10.8. The monoisotopic (exact) mass is 342 g/mol. The van der Waals surface area contributed by atoms with Gasteiger partial charge in [-0.15, -0.1) is 0 Å². The van der Waals surface area contributed by atoms with Crippen LogP contribution in [0.25, 0.3) is 0 Å². The summed E-state index contributed by atoms with van der Waals surface area (Å²) in [6.07, 6.45) is -15.6. The highest BCUT2D eigenvalue weighted by atomic mass is 16.7. The molecule has 2 heterocycles. The number of rotatable bonds is 4. The lowest BCUT2D eigenvalue weighted by molar-refractivity contribution is -0.355. The van der Waals surface area contributed by atoms with E-state index in [4.69, 9.17) is 19.3 Å². The van der Waals surface area contributed by atoms with Gasteiger partial charge in [-0.2, -0.15) is 0 Å². The molecule has 11 nitrogen and oxygen atoms in total. The van der Waals surface area contributed by atoms with E-state index < -0.39 is 74.6 Å². The first-order valence-corrected chi connectivity index (χ1v) is 7.08. The van der Waals surface area contributed by atoms with Crippen LogP contribution in [0.1, 0.15) is 0 Å². The van der Waals surface area contributed by atoms with E-state index in [-0.39, 0.29) is 0 Å². The van der Waals surface area contributed by atoms with Gasteiger partial charge >= 0.3 is 0 Å². The van der Waals surface area contributed by atoms with Gasteiger partial charge in [0.2, 0.25) is 0 Å². The molecule has 0 bridgehead atoms. The molecule has 2 fully saturated rings. The van der Waals surface area contributed by atoms with E-state index in [0.717, 1.165) is 0 Å². The van der Waals surface area contributed by atoms with E-state index in [1.54, 1.807) is 0 Å². The van der Waals surface area contributed by atoms with Gasteiger partial charge in [0.1, 0.15) is 48.8 Å². The van der Waals surface area contributed by atoms with Crippen molar-refractivity contribution in [3.63, 3.8) is 0 Å². The minimum absolute atomic E-state index is 0.667. The molecular formula is C12H22O11. The first-order valence-electron chi connectivity index (χ1n) is 7.08. The van der Waals surface area contributed by atoms with Crippen molar-refractivity contribution in [2.75, 3.05) is 13.2 Å². The molecule has 0 amide bonds. The molecule has 8 N–H and O–H groups in total. The minimum atomic E-state index is -1.74. The Kier molecular flexibility index (Phi) is 6.27. The maximum absolute atomic E-state index is 9.94. The fourth-order valence-electron chi connectivity index (χ4n) is 2.57. The summed E-state index contributed by atoms with van der Waals surface area (Å²) < 4.78 is 15.3. The molecule has 2 saturated heterocycles. The smallest absolute Gasteiger partial charge is 0.187 e. The first kappa shape index (κ1) is 18.9. The predicted octanol–water partition coefficient (Wildman–Crippen LogP) is -5.40. The average molecular weight is 342 g/mol. The Hall–Kier alpha value is -0.440. The van der Waals surface area contributed by atoms with Gasteiger partial charge in [0.05, 0.1) is 13.2 Å². The van der Waals surface area contributed by atoms with Crippen LogP contribution in [0.4, 0.5) is 0 Å². The minimum Gasteiger partial charge on any atom is -0.394 e. The van der Waals surface area contributed by atoms with Crippen LogP contribution >= 0.6 is 0 Å². The summed E-state index contributed by atoms with van der Waals surface area (Å²) in [5.41, 5.74) is 0. The zero-order valence-electron chi connectivity index (χ0n) is 12.0. The van der Waals surface area contributed by atoms with Gasteiger partial charge < -0.3 is 55.1 Å². The molecule has 10 atom stereocenters. The number of aliphatic hydroxyl groups is 8. The van der Waals surface area contributed by atoms with Gasteiger partial charge in [-0.25, -0.2) is 0 Å². The highest BCUT2D eigenvalue weighted by Crippen LogP contribution is 2.28. The van der Waals surface area contributed by atoms with Crippen LogP contribution in [0.3, 0.4) is 0 Å². The molecule has 0 aliphatic carbocycles. The lowest BCUT2D eigenvalue weighted by Crippen LogP contribution is -2.64. The van der Waals surface area contributed by atoms with Crippen molar-refractivity contribution in [1.29, 1.82) is 0 Å². The molecule has 2 aliphatic rings. The molecule has 0 radical (unpaired) electrons. The van der Waals surface area contributed by atoms with Crippen molar-refractivity contribution in [3.05, 3.63) is 0 Å². The summed E-state index contributed by atoms with van der Waals surface area (Å²) in [5, 5.41) is 76.5. The Morgan fingerprint density at radius 3 is 1.83 bits per heavy atom. The van der Waals surface area contributed by atoms with Crippen molar-refractivity contribution in [1.82, 2.24) is 0 Å². The summed E-state index contributed by atoms with van der Waals surface area (Å²) in [7, 11) is 0. The SMILES string of the molecule is OC[C@@H]1O[C@H](O)[C@H](O)[C@H](O)[C@@H]1O[C@@H]1O[C@H](CO)[C@H](O)[C@@H](O)[C@H]1O. The molecule has 0 unspecified atom stereocenters. The molecule has 2 aliphatic heterocycles. The molecule has 11 heteroatoms. The third-order valence-corrected chi connectivity index (χ3v) is 3.98. The van der Waals surface area contributed by atoms with E-state index in [1.807, 2.05) is 0 Å². The van der Waals surface area contributed by atoms with Crippen LogP contribution in [-0.2, 0) is 14.2 Å². The van der Waals surface area contributed by atoms with Crippen LogP contribution in [0.15, 0.2) is 0 Å². The van der Waals surface area contributed by atoms with Crippen LogP contribution in [0.2, 0.25) is 0 Å². The Labute approximate surface area is 130 Å². The van der Waals surface area contributed by atoms with E-state index >= 15 is 0 Å². The summed E-state index contributed by atoms with van der Waals surface area (Å²) in [6, 6.07) is 0. The second-order valence-corrected chi connectivity index (χ2v) is 5.53. The van der Waals surface area contributed by atoms with Crippen LogP contribution in [0, 0.1) is 0 Å². The fraction of sp³-hybridized carbons (Fsp3) is 1.00. The van der Waals surface area contributed by atoms with Crippen molar-refractivity contribution >= 4 is 0 Å². The van der Waals surface area contributed by atoms with Crippen molar-refractivity contribution in [2.45, 2.75) is 61.4 Å². The third kappa shape index (κ3) is 3.65. The largest absolute Gasteiger partial charge is 0.394 e. The van der Waals surface area contributed by atoms with Gasteiger partial charge in [0.15, 0.2) is 12.6 Å². The highest BCUT2D eigenvalue weighted by Gasteiger charge is 2.50. The lowest BCUT2D eigenvalue weighted by Gasteiger charge is -2.45. The summed E-state index contributed by atoms with van der Waals surface area (Å²) in [5.74, 6) is 0. The fourth-order valence-corrected chi connectivity index (χ4v) is 2.57. The number of ether oxygens (including phenoxy) is 3. The van der Waals surface area contributed by atoms with E-state index in [2.05, 4.69) is 0 Å². The maximum Gasteiger partial charge on any atom is 0.187 e. The molecule has 0 spiro atoms. The van der Waals surface area contributed by atoms with Crippen LogP contribution in [0.5, 0.6) is 0 Å².